The van der Waals surface area contributed by atoms with Crippen LogP contribution in [0.4, 0.5) is 0 Å². The van der Waals surface area contributed by atoms with E-state index in [4.69, 9.17) is 16.3 Å². The average molecular weight is 443 g/mol. The highest BCUT2D eigenvalue weighted by molar-refractivity contribution is 6.32. The molecule has 0 bridgehead atoms. The molecule has 0 radical (unpaired) electrons. The predicted molar refractivity (Wildman–Crippen MR) is 120 cm³/mol. The average Bonchev–Trinajstić information content (AvgIpc) is 3.33. The molecule has 1 amide bonds. The van der Waals surface area contributed by atoms with Crippen LogP contribution in [0.1, 0.15) is 21.9 Å². The lowest BCUT2D eigenvalue weighted by Gasteiger charge is -2.34. The molecule has 1 aliphatic rings. The van der Waals surface area contributed by atoms with E-state index in [1.54, 1.807) is 0 Å². The van der Waals surface area contributed by atoms with E-state index in [-0.39, 0.29) is 5.91 Å². The first-order valence-electron chi connectivity index (χ1n) is 10.4. The number of nitrogens with one attached hydrogen (secondary N) is 1. The van der Waals surface area contributed by atoms with Crippen LogP contribution >= 0.6 is 11.6 Å². The summed E-state index contributed by atoms with van der Waals surface area (Å²) in [7, 11) is 1.91. The maximum Gasteiger partial charge on any atom is 0.271 e. The summed E-state index contributed by atoms with van der Waals surface area (Å²) >= 11 is 6.12. The molecule has 0 aliphatic carbocycles. The van der Waals surface area contributed by atoms with Crippen molar-refractivity contribution in [1.82, 2.24) is 29.8 Å². The second-order valence-corrected chi connectivity index (χ2v) is 8.16. The molecule has 164 valence electrons. The Morgan fingerprint density at radius 1 is 1.19 bits per heavy atom. The van der Waals surface area contributed by atoms with Gasteiger partial charge in [-0.25, -0.2) is 0 Å². The molecule has 0 atom stereocenters. The number of ether oxygens (including phenoxy) is 1. The third kappa shape index (κ3) is 4.60. The number of aromatic nitrogens is 4. The van der Waals surface area contributed by atoms with Gasteiger partial charge in [0.2, 0.25) is 0 Å². The molecule has 0 spiro atoms. The van der Waals surface area contributed by atoms with Gasteiger partial charge in [-0.1, -0.05) is 23.7 Å². The molecule has 1 N–H and O–H groups in total. The third-order valence-electron chi connectivity index (χ3n) is 5.73. The second-order valence-electron chi connectivity index (χ2n) is 7.75. The van der Waals surface area contributed by atoms with Crippen molar-refractivity contribution >= 4 is 17.5 Å². The lowest BCUT2D eigenvalue weighted by atomic mass is 10.1. The zero-order valence-corrected chi connectivity index (χ0v) is 18.8. The number of hydrogen-bond acceptors (Lipinski definition) is 5. The van der Waals surface area contributed by atoms with Crippen LogP contribution in [0.5, 0.6) is 5.75 Å². The van der Waals surface area contributed by atoms with Crippen LogP contribution in [0, 0.1) is 13.8 Å². The normalized spacial score (nSPS) is 14.8. The van der Waals surface area contributed by atoms with Crippen LogP contribution in [0.25, 0.3) is 11.3 Å². The first-order chi connectivity index (χ1) is 14.9. The molecule has 4 rings (SSSR count). The summed E-state index contributed by atoms with van der Waals surface area (Å²) in [6, 6.07) is 9.30. The fourth-order valence-corrected chi connectivity index (χ4v) is 4.09. The van der Waals surface area contributed by atoms with Gasteiger partial charge in [0.1, 0.15) is 18.1 Å². The Bertz CT molecular complexity index is 1070. The predicted octanol–water partition coefficient (Wildman–Crippen LogP) is 2.92. The number of nitrogens with zero attached hydrogens (tertiary/aromatic N) is 5. The van der Waals surface area contributed by atoms with Crippen LogP contribution < -0.4 is 4.74 Å². The number of benzene rings is 1. The van der Waals surface area contributed by atoms with Gasteiger partial charge < -0.3 is 9.64 Å². The molecule has 1 saturated heterocycles. The molecule has 3 aromatic rings. The van der Waals surface area contributed by atoms with Crippen molar-refractivity contribution < 1.29 is 9.53 Å². The van der Waals surface area contributed by atoms with Crippen LogP contribution in [0.15, 0.2) is 30.3 Å². The van der Waals surface area contributed by atoms with Gasteiger partial charge in [-0.05, 0) is 32.0 Å². The zero-order valence-electron chi connectivity index (χ0n) is 18.1. The van der Waals surface area contributed by atoms with Crippen molar-refractivity contribution in [2.45, 2.75) is 13.8 Å². The number of amides is 1. The van der Waals surface area contributed by atoms with Gasteiger partial charge in [-0.15, -0.1) is 0 Å². The van der Waals surface area contributed by atoms with Gasteiger partial charge in [0.15, 0.2) is 0 Å². The highest BCUT2D eigenvalue weighted by atomic mass is 35.5. The Labute approximate surface area is 186 Å². The van der Waals surface area contributed by atoms with Gasteiger partial charge in [-0.3, -0.25) is 19.5 Å². The number of aryl methyl sites for hydroxylation is 2. The smallest absolute Gasteiger partial charge is 0.271 e. The minimum atomic E-state index is -0.0232. The SMILES string of the molecule is Cc1nn(C)c(C)c1-c1cc(C(=O)N2CCN(CCOc3ccccc3Cl)CC2)[nH]n1. The van der Waals surface area contributed by atoms with Gasteiger partial charge in [0.05, 0.1) is 16.4 Å². The maximum atomic E-state index is 12.9. The topological polar surface area (TPSA) is 79.3 Å². The fraction of sp³-hybridized carbons (Fsp3) is 0.409. The molecule has 3 heterocycles. The molecule has 8 nitrogen and oxygen atoms in total. The highest BCUT2D eigenvalue weighted by Crippen LogP contribution is 2.26. The summed E-state index contributed by atoms with van der Waals surface area (Å²) in [5.41, 5.74) is 4.16. The van der Waals surface area contributed by atoms with Crippen LogP contribution in [0.2, 0.25) is 5.02 Å². The van der Waals surface area contributed by atoms with Gasteiger partial charge in [0, 0.05) is 51.0 Å². The molecule has 9 heteroatoms. The number of carbonyl (C=O) groups excluding carboxylic acids is 1. The first kappa shape index (κ1) is 21.4. The van der Waals surface area contributed by atoms with Crippen molar-refractivity contribution in [2.24, 2.45) is 7.05 Å². The number of H-pyrrole nitrogens is 1. The maximum absolute atomic E-state index is 12.9. The molecular weight excluding hydrogens is 416 g/mol. The lowest BCUT2D eigenvalue weighted by Crippen LogP contribution is -2.49. The Hall–Kier alpha value is -2.84. The van der Waals surface area contributed by atoms with E-state index in [0.29, 0.717) is 36.2 Å². The summed E-state index contributed by atoms with van der Waals surface area (Å²) < 4.78 is 7.60. The number of aromatic amines is 1. The molecule has 1 fully saturated rings. The molecule has 0 unspecified atom stereocenters. The summed E-state index contributed by atoms with van der Waals surface area (Å²) in [6.45, 7) is 8.26. The number of piperazine rings is 1. The number of hydrogen-bond donors (Lipinski definition) is 1. The van der Waals surface area contributed by atoms with E-state index in [2.05, 4.69) is 20.2 Å². The first-order valence-corrected chi connectivity index (χ1v) is 10.8. The minimum Gasteiger partial charge on any atom is -0.491 e. The number of halogens is 1. The summed E-state index contributed by atoms with van der Waals surface area (Å²) in [6.07, 6.45) is 0. The van der Waals surface area contributed by atoms with Crippen LogP contribution in [-0.4, -0.2) is 75.0 Å². The number of para-hydroxylation sites is 1. The van der Waals surface area contributed by atoms with Crippen molar-refractivity contribution in [3.8, 4) is 17.0 Å². The van der Waals surface area contributed by atoms with Gasteiger partial charge >= 0.3 is 0 Å². The van der Waals surface area contributed by atoms with Crippen molar-refractivity contribution in [3.63, 3.8) is 0 Å². The highest BCUT2D eigenvalue weighted by Gasteiger charge is 2.24. The summed E-state index contributed by atoms with van der Waals surface area (Å²) in [5, 5.41) is 12.3. The monoisotopic (exact) mass is 442 g/mol. The van der Waals surface area contributed by atoms with E-state index in [1.165, 1.54) is 0 Å². The largest absolute Gasteiger partial charge is 0.491 e. The third-order valence-corrected chi connectivity index (χ3v) is 6.05. The number of carbonyl (C=O) groups is 1. The molecule has 0 saturated carbocycles. The van der Waals surface area contributed by atoms with E-state index >= 15 is 0 Å². The standard InChI is InChI=1S/C22H27ClN6O2/c1-15-21(16(2)27(3)26-15)18-14-19(25-24-18)22(30)29-10-8-28(9-11-29)12-13-31-20-7-5-4-6-17(20)23/h4-7,14H,8-13H2,1-3H3,(H,24,25). The van der Waals surface area contributed by atoms with E-state index in [0.717, 1.165) is 42.3 Å². The van der Waals surface area contributed by atoms with Crippen molar-refractivity contribution in [2.75, 3.05) is 39.3 Å². The quantitative estimate of drug-likeness (QED) is 0.635. The summed E-state index contributed by atoms with van der Waals surface area (Å²) in [4.78, 5) is 17.1. The van der Waals surface area contributed by atoms with E-state index < -0.39 is 0 Å². The van der Waals surface area contributed by atoms with Crippen molar-refractivity contribution in [1.29, 1.82) is 0 Å². The van der Waals surface area contributed by atoms with E-state index in [1.807, 2.05) is 60.8 Å². The molecule has 1 aromatic carbocycles. The Morgan fingerprint density at radius 2 is 1.94 bits per heavy atom. The molecule has 2 aromatic heterocycles. The molecule has 31 heavy (non-hydrogen) atoms. The minimum absolute atomic E-state index is 0.0232. The van der Waals surface area contributed by atoms with Crippen LogP contribution in [-0.2, 0) is 7.05 Å². The van der Waals surface area contributed by atoms with Gasteiger partial charge in [-0.2, -0.15) is 10.2 Å². The fourth-order valence-electron chi connectivity index (χ4n) is 3.90. The lowest BCUT2D eigenvalue weighted by molar-refractivity contribution is 0.0614. The second kappa shape index (κ2) is 9.11. The summed E-state index contributed by atoms with van der Waals surface area (Å²) in [5.74, 6) is 0.678. The van der Waals surface area contributed by atoms with E-state index in [9.17, 15) is 4.79 Å². The van der Waals surface area contributed by atoms with Gasteiger partial charge in [0.25, 0.3) is 5.91 Å². The van der Waals surface area contributed by atoms with Crippen LogP contribution in [0.3, 0.4) is 0 Å². The molecule has 1 aliphatic heterocycles. The van der Waals surface area contributed by atoms with Crippen molar-refractivity contribution in [3.05, 3.63) is 52.4 Å². The zero-order chi connectivity index (χ0) is 22.0. The Morgan fingerprint density at radius 3 is 2.61 bits per heavy atom. The Kier molecular flexibility index (Phi) is 6.29. The Balaban J connectivity index is 1.30. The number of rotatable bonds is 6. The molecular formula is C22H27ClN6O2.